The van der Waals surface area contributed by atoms with Crippen molar-refractivity contribution in [1.82, 2.24) is 14.9 Å². The molecule has 1 saturated heterocycles. The Morgan fingerprint density at radius 1 is 1.27 bits per heavy atom. The predicted molar refractivity (Wildman–Crippen MR) is 102 cm³/mol. The van der Waals surface area contributed by atoms with Crippen molar-refractivity contribution in [3.05, 3.63) is 59.1 Å². The third kappa shape index (κ3) is 4.38. The van der Waals surface area contributed by atoms with Gasteiger partial charge in [0.1, 0.15) is 5.76 Å². The predicted octanol–water partition coefficient (Wildman–Crippen LogP) is 4.29. The molecular formula is C20H23N3O2S. The molecule has 0 bridgehead atoms. The normalized spacial score (nSPS) is 17.2. The number of pyridine rings is 1. The molecule has 3 aromatic heterocycles. The van der Waals surface area contributed by atoms with Crippen molar-refractivity contribution in [2.75, 3.05) is 13.2 Å². The quantitative estimate of drug-likeness (QED) is 0.622. The van der Waals surface area contributed by atoms with Crippen LogP contribution in [0.3, 0.4) is 0 Å². The maximum Gasteiger partial charge on any atom is 0.162 e. The minimum absolute atomic E-state index is 0.317. The Hall–Kier alpha value is -2.02. The molecule has 6 heteroatoms. The molecule has 0 aromatic carbocycles. The highest BCUT2D eigenvalue weighted by molar-refractivity contribution is 7.13. The van der Waals surface area contributed by atoms with Gasteiger partial charge in [0.2, 0.25) is 0 Å². The number of thiazole rings is 1. The van der Waals surface area contributed by atoms with Crippen molar-refractivity contribution in [2.24, 2.45) is 0 Å². The van der Waals surface area contributed by atoms with E-state index < -0.39 is 0 Å². The number of hydrogen-bond acceptors (Lipinski definition) is 6. The minimum Gasteiger partial charge on any atom is -0.459 e. The summed E-state index contributed by atoms with van der Waals surface area (Å²) in [6.07, 6.45) is 6.35. The van der Waals surface area contributed by atoms with E-state index in [-0.39, 0.29) is 0 Å². The fraction of sp³-hybridized carbons (Fsp3) is 0.400. The molecule has 4 heterocycles. The van der Waals surface area contributed by atoms with Gasteiger partial charge in [-0.3, -0.25) is 9.88 Å². The summed E-state index contributed by atoms with van der Waals surface area (Å²) in [5.74, 6) is 1.75. The molecule has 5 nitrogen and oxygen atoms in total. The van der Waals surface area contributed by atoms with E-state index in [1.165, 1.54) is 5.56 Å². The Balaban J connectivity index is 1.47. The highest BCUT2D eigenvalue weighted by Gasteiger charge is 2.20. The largest absolute Gasteiger partial charge is 0.459 e. The highest BCUT2D eigenvalue weighted by atomic mass is 32.1. The molecule has 0 aliphatic carbocycles. The second-order valence-corrected chi connectivity index (χ2v) is 7.58. The molecule has 1 aliphatic heterocycles. The Bertz CT molecular complexity index is 824. The maximum absolute atomic E-state index is 5.85. The summed E-state index contributed by atoms with van der Waals surface area (Å²) in [4.78, 5) is 11.4. The first kappa shape index (κ1) is 17.4. The van der Waals surface area contributed by atoms with E-state index in [2.05, 4.69) is 21.3 Å². The van der Waals surface area contributed by atoms with Crippen LogP contribution in [0.15, 0.2) is 46.5 Å². The molecule has 4 rings (SSSR count). The average molecular weight is 369 g/mol. The van der Waals surface area contributed by atoms with Gasteiger partial charge in [-0.05, 0) is 43.5 Å². The van der Waals surface area contributed by atoms with Gasteiger partial charge in [0.25, 0.3) is 0 Å². The van der Waals surface area contributed by atoms with Crippen molar-refractivity contribution >= 4 is 11.3 Å². The summed E-state index contributed by atoms with van der Waals surface area (Å²) in [5.41, 5.74) is 2.28. The van der Waals surface area contributed by atoms with Gasteiger partial charge in [-0.25, -0.2) is 4.98 Å². The third-order valence-electron chi connectivity index (χ3n) is 4.50. The van der Waals surface area contributed by atoms with Crippen LogP contribution in [-0.2, 0) is 17.8 Å². The number of nitrogens with zero attached hydrogens (tertiary/aromatic N) is 3. The molecule has 0 saturated carbocycles. The number of aromatic nitrogens is 2. The average Bonchev–Trinajstić information content (AvgIpc) is 3.38. The molecule has 1 atom stereocenters. The molecule has 26 heavy (non-hydrogen) atoms. The van der Waals surface area contributed by atoms with Gasteiger partial charge >= 0.3 is 0 Å². The number of ether oxygens (including phenoxy) is 1. The Kier molecular flexibility index (Phi) is 5.43. The van der Waals surface area contributed by atoms with Crippen molar-refractivity contribution in [2.45, 2.75) is 39.0 Å². The number of aryl methyl sites for hydroxylation is 1. The highest BCUT2D eigenvalue weighted by Crippen LogP contribution is 2.26. The first-order chi connectivity index (χ1) is 12.8. The van der Waals surface area contributed by atoms with Gasteiger partial charge in [-0.1, -0.05) is 6.07 Å². The van der Waals surface area contributed by atoms with Crippen LogP contribution in [0.2, 0.25) is 0 Å². The third-order valence-corrected chi connectivity index (χ3v) is 5.41. The number of furan rings is 1. The van der Waals surface area contributed by atoms with Crippen molar-refractivity contribution < 1.29 is 9.15 Å². The topological polar surface area (TPSA) is 51.4 Å². The van der Waals surface area contributed by atoms with Crippen molar-refractivity contribution in [1.29, 1.82) is 0 Å². The van der Waals surface area contributed by atoms with E-state index in [1.54, 1.807) is 11.3 Å². The number of hydrogen-bond donors (Lipinski definition) is 0. The van der Waals surface area contributed by atoms with E-state index >= 15 is 0 Å². The minimum atomic E-state index is 0.317. The van der Waals surface area contributed by atoms with Crippen LogP contribution >= 0.6 is 11.3 Å². The van der Waals surface area contributed by atoms with Gasteiger partial charge in [0.15, 0.2) is 10.8 Å². The van der Waals surface area contributed by atoms with E-state index in [0.29, 0.717) is 6.10 Å². The smallest absolute Gasteiger partial charge is 0.162 e. The zero-order valence-electron chi connectivity index (χ0n) is 14.9. The van der Waals surface area contributed by atoms with Crippen LogP contribution in [0, 0.1) is 6.92 Å². The lowest BCUT2D eigenvalue weighted by atomic mass is 10.2. The molecule has 3 aromatic rings. The van der Waals surface area contributed by atoms with Crippen LogP contribution in [0.25, 0.3) is 10.8 Å². The van der Waals surface area contributed by atoms with Crippen LogP contribution in [-0.4, -0.2) is 34.1 Å². The first-order valence-corrected chi connectivity index (χ1v) is 9.88. The molecule has 1 unspecified atom stereocenters. The van der Waals surface area contributed by atoms with Gasteiger partial charge < -0.3 is 9.15 Å². The van der Waals surface area contributed by atoms with E-state index in [0.717, 1.165) is 61.3 Å². The molecule has 1 fully saturated rings. The maximum atomic E-state index is 5.85. The molecule has 0 amide bonds. The van der Waals surface area contributed by atoms with E-state index in [4.69, 9.17) is 14.1 Å². The summed E-state index contributed by atoms with van der Waals surface area (Å²) in [7, 11) is 0. The van der Waals surface area contributed by atoms with Gasteiger partial charge in [-0.15, -0.1) is 11.3 Å². The fourth-order valence-corrected chi connectivity index (χ4v) is 4.05. The Labute approximate surface area is 157 Å². The van der Waals surface area contributed by atoms with Crippen LogP contribution in [0.1, 0.15) is 29.9 Å². The second kappa shape index (κ2) is 8.12. The summed E-state index contributed by atoms with van der Waals surface area (Å²) in [6.45, 7) is 5.40. The summed E-state index contributed by atoms with van der Waals surface area (Å²) >= 11 is 1.63. The van der Waals surface area contributed by atoms with Gasteiger partial charge in [0.05, 0.1) is 11.8 Å². The molecule has 0 N–H and O–H groups in total. The van der Waals surface area contributed by atoms with Crippen molar-refractivity contribution in [3.63, 3.8) is 0 Å². The van der Waals surface area contributed by atoms with E-state index in [1.807, 2.05) is 37.5 Å². The Morgan fingerprint density at radius 3 is 2.96 bits per heavy atom. The molecule has 0 spiro atoms. The molecule has 0 radical (unpaired) electrons. The van der Waals surface area contributed by atoms with Gasteiger partial charge in [0, 0.05) is 44.0 Å². The SMILES string of the molecule is Cc1ccc(-c2nc(CN(Cc3cccnc3)CC3CCCO3)cs2)o1. The fourth-order valence-electron chi connectivity index (χ4n) is 3.28. The molecule has 1 aliphatic rings. The summed E-state index contributed by atoms with van der Waals surface area (Å²) < 4.78 is 11.5. The zero-order valence-corrected chi connectivity index (χ0v) is 15.7. The first-order valence-electron chi connectivity index (χ1n) is 9.00. The molecular weight excluding hydrogens is 346 g/mol. The van der Waals surface area contributed by atoms with Crippen molar-refractivity contribution in [3.8, 4) is 10.8 Å². The second-order valence-electron chi connectivity index (χ2n) is 6.72. The molecule has 136 valence electrons. The van der Waals surface area contributed by atoms with Gasteiger partial charge in [-0.2, -0.15) is 0 Å². The lowest BCUT2D eigenvalue weighted by molar-refractivity contribution is 0.0675. The summed E-state index contributed by atoms with van der Waals surface area (Å²) in [5, 5.41) is 3.06. The zero-order chi connectivity index (χ0) is 17.8. The Morgan fingerprint density at radius 2 is 2.23 bits per heavy atom. The number of rotatable bonds is 7. The standard InChI is InChI=1S/C20H23N3O2S/c1-15-6-7-19(25-15)20-22-17(14-26-20)12-23(13-18-5-3-9-24-18)11-16-4-2-8-21-10-16/h2,4,6-8,10,14,18H,3,5,9,11-13H2,1H3. The van der Waals surface area contributed by atoms with Crippen LogP contribution in [0.4, 0.5) is 0 Å². The van der Waals surface area contributed by atoms with Crippen LogP contribution < -0.4 is 0 Å². The monoisotopic (exact) mass is 369 g/mol. The lowest BCUT2D eigenvalue weighted by Gasteiger charge is -2.24. The van der Waals surface area contributed by atoms with E-state index in [9.17, 15) is 0 Å². The summed E-state index contributed by atoms with van der Waals surface area (Å²) in [6, 6.07) is 8.06. The van der Waals surface area contributed by atoms with Crippen LogP contribution in [0.5, 0.6) is 0 Å². The lowest BCUT2D eigenvalue weighted by Crippen LogP contribution is -2.31.